The number of nitro groups is 1. The van der Waals surface area contributed by atoms with Crippen LogP contribution in [0.25, 0.3) is 0 Å². The minimum absolute atomic E-state index is 0.0306. The molecule has 1 heterocycles. The lowest BCUT2D eigenvalue weighted by Crippen LogP contribution is -2.01. The van der Waals surface area contributed by atoms with Crippen LogP contribution in [-0.2, 0) is 6.54 Å². The SMILES string of the molecule is COc1cc(NCc2ccon2)cc([N+](=O)[O-])c1. The van der Waals surface area contributed by atoms with E-state index in [1.807, 2.05) is 0 Å². The molecule has 0 spiro atoms. The van der Waals surface area contributed by atoms with Gasteiger partial charge in [-0.3, -0.25) is 10.1 Å². The Morgan fingerprint density at radius 1 is 1.50 bits per heavy atom. The van der Waals surface area contributed by atoms with Gasteiger partial charge in [0, 0.05) is 23.9 Å². The smallest absolute Gasteiger partial charge is 0.275 e. The molecular formula is C11H11N3O4. The van der Waals surface area contributed by atoms with Crippen LogP contribution in [0.4, 0.5) is 11.4 Å². The molecule has 0 bridgehead atoms. The molecule has 0 aliphatic carbocycles. The summed E-state index contributed by atoms with van der Waals surface area (Å²) in [5.74, 6) is 0.423. The molecule has 0 unspecified atom stereocenters. The molecule has 0 radical (unpaired) electrons. The first-order valence-electron chi connectivity index (χ1n) is 5.15. The predicted octanol–water partition coefficient (Wildman–Crippen LogP) is 2.20. The van der Waals surface area contributed by atoms with Crippen molar-refractivity contribution < 1.29 is 14.2 Å². The van der Waals surface area contributed by atoms with Crippen LogP contribution in [-0.4, -0.2) is 17.2 Å². The van der Waals surface area contributed by atoms with Gasteiger partial charge in [-0.2, -0.15) is 0 Å². The van der Waals surface area contributed by atoms with Gasteiger partial charge in [0.15, 0.2) is 0 Å². The molecule has 0 aliphatic rings. The van der Waals surface area contributed by atoms with Crippen LogP contribution >= 0.6 is 0 Å². The molecule has 0 fully saturated rings. The fourth-order valence-electron chi connectivity index (χ4n) is 1.43. The van der Waals surface area contributed by atoms with E-state index in [9.17, 15) is 10.1 Å². The molecule has 0 amide bonds. The maximum Gasteiger partial charge on any atom is 0.275 e. The Morgan fingerprint density at radius 3 is 2.94 bits per heavy atom. The minimum atomic E-state index is -0.468. The van der Waals surface area contributed by atoms with E-state index in [4.69, 9.17) is 4.74 Å². The largest absolute Gasteiger partial charge is 0.496 e. The molecule has 0 aliphatic heterocycles. The van der Waals surface area contributed by atoms with Gasteiger partial charge in [-0.15, -0.1) is 0 Å². The average molecular weight is 249 g/mol. The normalized spacial score (nSPS) is 10.1. The second-order valence-corrected chi connectivity index (χ2v) is 3.52. The Labute approximate surface area is 103 Å². The molecule has 1 aromatic heterocycles. The monoisotopic (exact) mass is 249 g/mol. The van der Waals surface area contributed by atoms with E-state index in [0.717, 1.165) is 0 Å². The van der Waals surface area contributed by atoms with Crippen molar-refractivity contribution in [1.82, 2.24) is 5.16 Å². The Bertz CT molecular complexity index is 539. The molecule has 0 atom stereocenters. The number of benzene rings is 1. The van der Waals surface area contributed by atoms with Gasteiger partial charge in [-0.05, 0) is 0 Å². The van der Waals surface area contributed by atoms with Crippen LogP contribution in [0.5, 0.6) is 5.75 Å². The number of anilines is 1. The van der Waals surface area contributed by atoms with Gasteiger partial charge in [-0.25, -0.2) is 0 Å². The third-order valence-corrected chi connectivity index (χ3v) is 2.30. The van der Waals surface area contributed by atoms with Crippen LogP contribution < -0.4 is 10.1 Å². The highest BCUT2D eigenvalue weighted by atomic mass is 16.6. The van der Waals surface area contributed by atoms with E-state index in [0.29, 0.717) is 23.7 Å². The molecule has 0 saturated heterocycles. The Hall–Kier alpha value is -2.57. The first-order chi connectivity index (χ1) is 8.69. The lowest BCUT2D eigenvalue weighted by Gasteiger charge is -2.06. The number of rotatable bonds is 5. The molecule has 7 heteroatoms. The number of non-ortho nitro benzene ring substituents is 1. The summed E-state index contributed by atoms with van der Waals surface area (Å²) in [4.78, 5) is 10.3. The van der Waals surface area contributed by atoms with Crippen molar-refractivity contribution >= 4 is 11.4 Å². The van der Waals surface area contributed by atoms with Crippen molar-refractivity contribution in [2.45, 2.75) is 6.54 Å². The fourth-order valence-corrected chi connectivity index (χ4v) is 1.43. The van der Waals surface area contributed by atoms with Crippen molar-refractivity contribution in [1.29, 1.82) is 0 Å². The summed E-state index contributed by atoms with van der Waals surface area (Å²) in [5, 5.41) is 17.5. The van der Waals surface area contributed by atoms with E-state index >= 15 is 0 Å². The second-order valence-electron chi connectivity index (χ2n) is 3.52. The van der Waals surface area contributed by atoms with Crippen molar-refractivity contribution in [3.05, 3.63) is 46.3 Å². The quantitative estimate of drug-likeness (QED) is 0.645. The van der Waals surface area contributed by atoms with Gasteiger partial charge >= 0.3 is 0 Å². The number of aromatic nitrogens is 1. The highest BCUT2D eigenvalue weighted by Crippen LogP contribution is 2.25. The zero-order chi connectivity index (χ0) is 13.0. The number of hydrogen-bond acceptors (Lipinski definition) is 6. The summed E-state index contributed by atoms with van der Waals surface area (Å²) in [7, 11) is 1.46. The predicted molar refractivity (Wildman–Crippen MR) is 63.5 cm³/mol. The van der Waals surface area contributed by atoms with Gasteiger partial charge < -0.3 is 14.6 Å². The summed E-state index contributed by atoms with van der Waals surface area (Å²) in [6, 6.07) is 6.18. The van der Waals surface area contributed by atoms with Crippen LogP contribution in [0, 0.1) is 10.1 Å². The zero-order valence-electron chi connectivity index (χ0n) is 9.62. The van der Waals surface area contributed by atoms with Crippen molar-refractivity contribution in [2.24, 2.45) is 0 Å². The summed E-state index contributed by atoms with van der Waals surface area (Å²) in [6.45, 7) is 0.417. The van der Waals surface area contributed by atoms with Crippen LogP contribution in [0.3, 0.4) is 0 Å². The Morgan fingerprint density at radius 2 is 2.33 bits per heavy atom. The minimum Gasteiger partial charge on any atom is -0.496 e. The molecule has 1 N–H and O–H groups in total. The Kier molecular flexibility index (Phi) is 3.42. The highest BCUT2D eigenvalue weighted by molar-refractivity contribution is 5.56. The molecule has 18 heavy (non-hydrogen) atoms. The highest BCUT2D eigenvalue weighted by Gasteiger charge is 2.10. The standard InChI is InChI=1S/C11H11N3O4/c1-17-11-5-9(4-10(6-11)14(15)16)12-7-8-2-3-18-13-8/h2-6,12H,7H2,1H3. The molecule has 2 aromatic rings. The zero-order valence-corrected chi connectivity index (χ0v) is 9.62. The fraction of sp³-hybridized carbons (Fsp3) is 0.182. The molecule has 94 valence electrons. The summed E-state index contributed by atoms with van der Waals surface area (Å²) in [6.07, 6.45) is 1.46. The lowest BCUT2D eigenvalue weighted by atomic mass is 10.2. The number of ether oxygens (including phenoxy) is 1. The van der Waals surface area contributed by atoms with E-state index < -0.39 is 4.92 Å². The van der Waals surface area contributed by atoms with Gasteiger partial charge in [0.05, 0.1) is 24.6 Å². The van der Waals surface area contributed by atoms with Crippen LogP contribution in [0.1, 0.15) is 5.69 Å². The van der Waals surface area contributed by atoms with E-state index in [-0.39, 0.29) is 5.69 Å². The maximum atomic E-state index is 10.7. The van der Waals surface area contributed by atoms with Crippen LogP contribution in [0.2, 0.25) is 0 Å². The number of nitrogens with one attached hydrogen (secondary N) is 1. The second kappa shape index (κ2) is 5.17. The van der Waals surface area contributed by atoms with Gasteiger partial charge in [0.25, 0.3) is 5.69 Å². The van der Waals surface area contributed by atoms with Crippen molar-refractivity contribution in [2.75, 3.05) is 12.4 Å². The van der Waals surface area contributed by atoms with Crippen molar-refractivity contribution in [3.63, 3.8) is 0 Å². The van der Waals surface area contributed by atoms with Gasteiger partial charge in [0.1, 0.15) is 17.7 Å². The van der Waals surface area contributed by atoms with Gasteiger partial charge in [0.2, 0.25) is 0 Å². The third-order valence-electron chi connectivity index (χ3n) is 2.30. The van der Waals surface area contributed by atoms with E-state index in [1.54, 1.807) is 12.1 Å². The number of methoxy groups -OCH3 is 1. The topological polar surface area (TPSA) is 90.4 Å². The average Bonchev–Trinajstić information content (AvgIpc) is 2.89. The third kappa shape index (κ3) is 2.76. The van der Waals surface area contributed by atoms with E-state index in [1.165, 1.54) is 25.5 Å². The summed E-state index contributed by atoms with van der Waals surface area (Å²) < 4.78 is 9.69. The molecule has 0 saturated carbocycles. The lowest BCUT2D eigenvalue weighted by molar-refractivity contribution is -0.384. The van der Waals surface area contributed by atoms with Gasteiger partial charge in [-0.1, -0.05) is 5.16 Å². The number of nitrogens with zero attached hydrogens (tertiary/aromatic N) is 2. The van der Waals surface area contributed by atoms with E-state index in [2.05, 4.69) is 15.0 Å². The first-order valence-corrected chi connectivity index (χ1v) is 5.15. The summed E-state index contributed by atoms with van der Waals surface area (Å²) >= 11 is 0. The van der Waals surface area contributed by atoms with Crippen molar-refractivity contribution in [3.8, 4) is 5.75 Å². The summed E-state index contributed by atoms with van der Waals surface area (Å²) in [5.41, 5.74) is 1.27. The number of hydrogen-bond donors (Lipinski definition) is 1. The first kappa shape index (κ1) is 11.9. The molecule has 7 nitrogen and oxygen atoms in total. The van der Waals surface area contributed by atoms with Crippen LogP contribution in [0.15, 0.2) is 35.1 Å². The molecule has 2 rings (SSSR count). The maximum absolute atomic E-state index is 10.7. The molecular weight excluding hydrogens is 238 g/mol. The Balaban J connectivity index is 2.16. The number of nitro benzene ring substituents is 1. The molecule has 1 aromatic carbocycles.